The Morgan fingerprint density at radius 3 is 2.71 bits per heavy atom. The van der Waals surface area contributed by atoms with Gasteiger partial charge >= 0.3 is 5.97 Å². The molecule has 1 aromatic heterocycles. The van der Waals surface area contributed by atoms with Crippen molar-refractivity contribution in [2.75, 3.05) is 12.4 Å². The van der Waals surface area contributed by atoms with Crippen LogP contribution < -0.4 is 9.47 Å². The van der Waals surface area contributed by atoms with E-state index in [9.17, 15) is 4.79 Å². The summed E-state index contributed by atoms with van der Waals surface area (Å²) < 4.78 is 12.7. The molecule has 142 valence electrons. The Balaban J connectivity index is 1.67. The fraction of sp³-hybridized carbons (Fsp3) is 0.200. The molecule has 2 aromatic carbocycles. The molecular weight excluding hydrogens is 376 g/mol. The standard InChI is InChI=1S/C20H18N4O3S/c1-3-26-18-10-15(11-21)6-9-17(18)27-19(25)12-28-20-23-22-13-24(20)16-7-4-14(2)5-8-16/h4-10,13H,3,12H2,1-2H3. The zero-order chi connectivity index (χ0) is 19.9. The van der Waals surface area contributed by atoms with Crippen LogP contribution in [0.2, 0.25) is 0 Å². The molecule has 0 bridgehead atoms. The summed E-state index contributed by atoms with van der Waals surface area (Å²) in [5, 5.41) is 17.6. The molecule has 0 saturated heterocycles. The Hall–Kier alpha value is -3.31. The van der Waals surface area contributed by atoms with Crippen LogP contribution in [0.5, 0.6) is 11.5 Å². The molecule has 1 heterocycles. The zero-order valence-corrected chi connectivity index (χ0v) is 16.3. The van der Waals surface area contributed by atoms with E-state index in [1.54, 1.807) is 24.5 Å². The molecule has 7 nitrogen and oxygen atoms in total. The molecule has 0 saturated carbocycles. The summed E-state index contributed by atoms with van der Waals surface area (Å²) in [5.74, 6) is 0.249. The van der Waals surface area contributed by atoms with Crippen LogP contribution >= 0.6 is 11.8 Å². The summed E-state index contributed by atoms with van der Waals surface area (Å²) >= 11 is 1.23. The highest BCUT2D eigenvalue weighted by molar-refractivity contribution is 7.99. The highest BCUT2D eigenvalue weighted by Gasteiger charge is 2.14. The molecule has 0 atom stereocenters. The second-order valence-electron chi connectivity index (χ2n) is 5.79. The number of ether oxygens (including phenoxy) is 2. The van der Waals surface area contributed by atoms with E-state index >= 15 is 0 Å². The van der Waals surface area contributed by atoms with Gasteiger partial charge in [0.2, 0.25) is 0 Å². The molecule has 0 N–H and O–H groups in total. The largest absolute Gasteiger partial charge is 0.490 e. The molecule has 0 amide bonds. The van der Waals surface area contributed by atoms with Gasteiger partial charge in [-0.05, 0) is 38.1 Å². The van der Waals surface area contributed by atoms with E-state index in [1.807, 2.05) is 48.7 Å². The van der Waals surface area contributed by atoms with E-state index in [1.165, 1.54) is 11.8 Å². The van der Waals surface area contributed by atoms with Crippen molar-refractivity contribution in [2.45, 2.75) is 19.0 Å². The molecule has 3 rings (SSSR count). The summed E-state index contributed by atoms with van der Waals surface area (Å²) in [6.07, 6.45) is 1.60. The minimum Gasteiger partial charge on any atom is -0.490 e. The van der Waals surface area contributed by atoms with Crippen molar-refractivity contribution >= 4 is 17.7 Å². The molecule has 0 unspecified atom stereocenters. The number of hydrogen-bond acceptors (Lipinski definition) is 7. The van der Waals surface area contributed by atoms with E-state index in [2.05, 4.69) is 10.2 Å². The fourth-order valence-electron chi connectivity index (χ4n) is 2.41. The van der Waals surface area contributed by atoms with Crippen LogP contribution in [-0.2, 0) is 4.79 Å². The van der Waals surface area contributed by atoms with Crippen LogP contribution in [0.15, 0.2) is 53.9 Å². The topological polar surface area (TPSA) is 90.0 Å². The second-order valence-corrected chi connectivity index (χ2v) is 6.73. The van der Waals surface area contributed by atoms with Crippen molar-refractivity contribution in [3.8, 4) is 23.3 Å². The van der Waals surface area contributed by atoms with Gasteiger partial charge in [-0.25, -0.2) is 0 Å². The third-order valence-corrected chi connectivity index (χ3v) is 4.66. The van der Waals surface area contributed by atoms with Crippen LogP contribution in [0.3, 0.4) is 0 Å². The average Bonchev–Trinajstić information content (AvgIpc) is 3.17. The van der Waals surface area contributed by atoms with Crippen molar-refractivity contribution < 1.29 is 14.3 Å². The molecular formula is C20H18N4O3S. The fourth-order valence-corrected chi connectivity index (χ4v) is 3.11. The van der Waals surface area contributed by atoms with Crippen molar-refractivity contribution in [3.63, 3.8) is 0 Å². The lowest BCUT2D eigenvalue weighted by Crippen LogP contribution is -2.12. The number of carbonyl (C=O) groups excluding carboxylic acids is 1. The Bertz CT molecular complexity index is 1010. The maximum absolute atomic E-state index is 12.3. The van der Waals surface area contributed by atoms with Crippen LogP contribution in [0.25, 0.3) is 5.69 Å². The first-order valence-corrected chi connectivity index (χ1v) is 9.56. The number of thioether (sulfide) groups is 1. The molecule has 0 spiro atoms. The second kappa shape index (κ2) is 9.06. The monoisotopic (exact) mass is 394 g/mol. The number of aromatic nitrogens is 3. The predicted molar refractivity (Wildman–Crippen MR) is 105 cm³/mol. The lowest BCUT2D eigenvalue weighted by molar-refractivity contribution is -0.131. The van der Waals surface area contributed by atoms with Crippen LogP contribution in [0.4, 0.5) is 0 Å². The molecule has 0 fully saturated rings. The highest BCUT2D eigenvalue weighted by atomic mass is 32.2. The summed E-state index contributed by atoms with van der Waals surface area (Å²) in [4.78, 5) is 12.3. The van der Waals surface area contributed by atoms with Gasteiger partial charge in [0.15, 0.2) is 16.7 Å². The number of nitriles is 1. The number of nitrogens with zero attached hydrogens (tertiary/aromatic N) is 4. The number of aryl methyl sites for hydroxylation is 1. The van der Waals surface area contributed by atoms with E-state index in [4.69, 9.17) is 14.7 Å². The normalized spacial score (nSPS) is 10.3. The molecule has 0 aliphatic heterocycles. The predicted octanol–water partition coefficient (Wildman–Crippen LogP) is 3.54. The van der Waals surface area contributed by atoms with Gasteiger partial charge in [0.05, 0.1) is 24.0 Å². The van der Waals surface area contributed by atoms with E-state index in [-0.39, 0.29) is 11.5 Å². The first kappa shape index (κ1) is 19.5. The minimum absolute atomic E-state index is 0.0517. The summed E-state index contributed by atoms with van der Waals surface area (Å²) in [7, 11) is 0. The van der Waals surface area contributed by atoms with E-state index in [0.717, 1.165) is 11.3 Å². The maximum atomic E-state index is 12.3. The van der Waals surface area contributed by atoms with Crippen molar-refractivity contribution in [2.24, 2.45) is 0 Å². The maximum Gasteiger partial charge on any atom is 0.321 e. The molecule has 0 aliphatic rings. The van der Waals surface area contributed by atoms with Gasteiger partial charge in [0.25, 0.3) is 0 Å². The molecule has 0 radical (unpaired) electrons. The number of hydrogen-bond donors (Lipinski definition) is 0. The smallest absolute Gasteiger partial charge is 0.321 e. The van der Waals surface area contributed by atoms with Gasteiger partial charge in [-0.2, -0.15) is 5.26 Å². The van der Waals surface area contributed by atoms with Gasteiger partial charge in [-0.3, -0.25) is 9.36 Å². The van der Waals surface area contributed by atoms with Crippen molar-refractivity contribution in [1.29, 1.82) is 5.26 Å². The highest BCUT2D eigenvalue weighted by Crippen LogP contribution is 2.29. The third kappa shape index (κ3) is 4.69. The number of rotatable bonds is 7. The Morgan fingerprint density at radius 2 is 2.00 bits per heavy atom. The summed E-state index contributed by atoms with van der Waals surface area (Å²) in [6.45, 7) is 4.23. The first-order chi connectivity index (χ1) is 13.6. The quantitative estimate of drug-likeness (QED) is 0.344. The molecule has 28 heavy (non-hydrogen) atoms. The zero-order valence-electron chi connectivity index (χ0n) is 15.5. The lowest BCUT2D eigenvalue weighted by Gasteiger charge is -2.11. The number of benzene rings is 2. The van der Waals surface area contributed by atoms with Crippen molar-refractivity contribution in [1.82, 2.24) is 14.8 Å². The van der Waals surface area contributed by atoms with Crippen LogP contribution in [-0.4, -0.2) is 33.1 Å². The van der Waals surface area contributed by atoms with E-state index < -0.39 is 5.97 Å². The van der Waals surface area contributed by atoms with Crippen LogP contribution in [0, 0.1) is 18.3 Å². The number of carbonyl (C=O) groups is 1. The summed E-state index contributed by atoms with van der Waals surface area (Å²) in [5.41, 5.74) is 2.50. The Morgan fingerprint density at radius 1 is 1.21 bits per heavy atom. The van der Waals surface area contributed by atoms with Crippen molar-refractivity contribution in [3.05, 3.63) is 59.9 Å². The van der Waals surface area contributed by atoms with Gasteiger partial charge in [0.1, 0.15) is 6.33 Å². The molecule has 3 aromatic rings. The molecule has 8 heteroatoms. The third-order valence-electron chi connectivity index (χ3n) is 3.74. The Labute approximate surface area is 166 Å². The SMILES string of the molecule is CCOc1cc(C#N)ccc1OC(=O)CSc1nncn1-c1ccc(C)cc1. The van der Waals surface area contributed by atoms with Gasteiger partial charge in [-0.1, -0.05) is 29.5 Å². The van der Waals surface area contributed by atoms with Gasteiger partial charge < -0.3 is 9.47 Å². The molecule has 0 aliphatic carbocycles. The van der Waals surface area contributed by atoms with Crippen LogP contribution in [0.1, 0.15) is 18.1 Å². The number of esters is 1. The summed E-state index contributed by atoms with van der Waals surface area (Å²) in [6, 6.07) is 14.6. The average molecular weight is 394 g/mol. The minimum atomic E-state index is -0.450. The van der Waals surface area contributed by atoms with Gasteiger partial charge in [0, 0.05) is 11.8 Å². The van der Waals surface area contributed by atoms with Gasteiger partial charge in [-0.15, -0.1) is 10.2 Å². The Kier molecular flexibility index (Phi) is 6.29. The lowest BCUT2D eigenvalue weighted by atomic mass is 10.2. The first-order valence-electron chi connectivity index (χ1n) is 8.58. The van der Waals surface area contributed by atoms with E-state index in [0.29, 0.717) is 23.1 Å².